The molecule has 2 aliphatic rings. The molecule has 1 fully saturated rings. The number of likely N-dealkylation sites (tertiary alicyclic amines) is 1. The Labute approximate surface area is 225 Å². The highest BCUT2D eigenvalue weighted by atomic mass is 16.5. The van der Waals surface area contributed by atoms with Gasteiger partial charge in [-0.1, -0.05) is 26.0 Å². The van der Waals surface area contributed by atoms with E-state index in [-0.39, 0.29) is 30.4 Å². The molecule has 0 spiro atoms. The molecule has 0 aliphatic carbocycles. The second kappa shape index (κ2) is 14.7. The van der Waals surface area contributed by atoms with E-state index in [1.54, 1.807) is 31.3 Å². The number of para-hydroxylation sites is 1. The standard InChI is InChI=1S/C28H43N5O5/c1-20(2)18-23-28(37)32(3)16-17-38-24-11-5-4-10-21(24)26(35)31-22(19-25(34)30-23)27(36)29-12-6-7-13-33-14-8-9-15-33/h4-5,10-11,20,22-23H,6-9,12-19H2,1-3H3,(H,29,36)(H,30,34)(H,31,35)/t22-,23+/m0/s1. The van der Waals surface area contributed by atoms with Gasteiger partial charge in [-0.05, 0) is 69.8 Å². The molecule has 1 saturated heterocycles. The SMILES string of the molecule is CC(C)C[C@H]1NC(=O)C[C@@H](C(=O)NCCCCN2CCCC2)NC(=O)c2ccccc2OCCN(C)C1=O. The first kappa shape index (κ1) is 29.4. The van der Waals surface area contributed by atoms with E-state index < -0.39 is 29.8 Å². The first-order chi connectivity index (χ1) is 18.2. The summed E-state index contributed by atoms with van der Waals surface area (Å²) in [5, 5.41) is 8.40. The summed E-state index contributed by atoms with van der Waals surface area (Å²) in [7, 11) is 1.66. The fourth-order valence-corrected chi connectivity index (χ4v) is 4.83. The molecular formula is C28H43N5O5. The van der Waals surface area contributed by atoms with E-state index in [4.69, 9.17) is 4.74 Å². The molecule has 3 N–H and O–H groups in total. The van der Waals surface area contributed by atoms with Gasteiger partial charge in [-0.15, -0.1) is 0 Å². The van der Waals surface area contributed by atoms with Crippen molar-refractivity contribution in [3.05, 3.63) is 29.8 Å². The first-order valence-electron chi connectivity index (χ1n) is 13.8. The number of rotatable bonds is 8. The van der Waals surface area contributed by atoms with Crippen LogP contribution in [0.2, 0.25) is 0 Å². The van der Waals surface area contributed by atoms with Gasteiger partial charge in [0, 0.05) is 13.6 Å². The number of fused-ring (bicyclic) bond motifs is 1. The van der Waals surface area contributed by atoms with Crippen molar-refractivity contribution in [2.75, 3.05) is 46.4 Å². The third-order valence-corrected chi connectivity index (χ3v) is 6.94. The lowest BCUT2D eigenvalue weighted by molar-refractivity contribution is -0.136. The molecule has 4 amide bonds. The molecule has 0 radical (unpaired) electrons. The van der Waals surface area contributed by atoms with Gasteiger partial charge in [0.2, 0.25) is 17.7 Å². The average Bonchev–Trinajstić information content (AvgIpc) is 3.40. The summed E-state index contributed by atoms with van der Waals surface area (Å²) < 4.78 is 5.84. The molecule has 1 aromatic rings. The number of ether oxygens (including phenoxy) is 1. The second-order valence-electron chi connectivity index (χ2n) is 10.6. The Hall–Kier alpha value is -3.14. The fourth-order valence-electron chi connectivity index (χ4n) is 4.83. The number of hydrogen-bond donors (Lipinski definition) is 3. The number of carbonyl (C=O) groups excluding carboxylic acids is 4. The topological polar surface area (TPSA) is 120 Å². The molecule has 210 valence electrons. The molecule has 10 heteroatoms. The normalized spacial score (nSPS) is 21.8. The summed E-state index contributed by atoms with van der Waals surface area (Å²) in [5.74, 6) is -1.09. The Balaban J connectivity index is 1.72. The zero-order chi connectivity index (χ0) is 27.5. The van der Waals surface area contributed by atoms with Gasteiger partial charge in [0.25, 0.3) is 5.91 Å². The highest BCUT2D eigenvalue weighted by molar-refractivity contribution is 6.01. The number of benzene rings is 1. The zero-order valence-corrected chi connectivity index (χ0v) is 23.0. The van der Waals surface area contributed by atoms with Crippen molar-refractivity contribution in [1.29, 1.82) is 0 Å². The van der Waals surface area contributed by atoms with Gasteiger partial charge < -0.3 is 30.5 Å². The van der Waals surface area contributed by atoms with E-state index in [1.165, 1.54) is 17.7 Å². The minimum Gasteiger partial charge on any atom is -0.491 e. The molecule has 0 saturated carbocycles. The maximum Gasteiger partial charge on any atom is 0.255 e. The third kappa shape index (κ3) is 9.01. The zero-order valence-electron chi connectivity index (χ0n) is 23.0. The van der Waals surface area contributed by atoms with Gasteiger partial charge in [0.1, 0.15) is 24.4 Å². The van der Waals surface area contributed by atoms with Crippen LogP contribution in [0.1, 0.15) is 62.7 Å². The molecular weight excluding hydrogens is 486 g/mol. The molecule has 0 bridgehead atoms. The van der Waals surface area contributed by atoms with Crippen molar-refractivity contribution in [3.8, 4) is 5.75 Å². The molecule has 0 aromatic heterocycles. The Kier molecular flexibility index (Phi) is 11.4. The molecule has 3 rings (SSSR count). The summed E-state index contributed by atoms with van der Waals surface area (Å²) >= 11 is 0. The fraction of sp³-hybridized carbons (Fsp3) is 0.643. The maximum absolute atomic E-state index is 13.2. The van der Waals surface area contributed by atoms with Crippen LogP contribution in [0.4, 0.5) is 0 Å². The van der Waals surface area contributed by atoms with Crippen molar-refractivity contribution < 1.29 is 23.9 Å². The molecule has 1 aromatic carbocycles. The van der Waals surface area contributed by atoms with Crippen molar-refractivity contribution >= 4 is 23.6 Å². The van der Waals surface area contributed by atoms with E-state index in [1.807, 2.05) is 13.8 Å². The smallest absolute Gasteiger partial charge is 0.255 e. The number of likely N-dealkylation sites (N-methyl/N-ethyl adjacent to an activating group) is 1. The predicted octanol–water partition coefficient (Wildman–Crippen LogP) is 1.55. The first-order valence-corrected chi connectivity index (χ1v) is 13.8. The van der Waals surface area contributed by atoms with E-state index in [9.17, 15) is 19.2 Å². The summed E-state index contributed by atoms with van der Waals surface area (Å²) in [6.45, 7) is 8.16. The maximum atomic E-state index is 13.2. The minimum absolute atomic E-state index is 0.166. The van der Waals surface area contributed by atoms with Crippen LogP contribution in [0.15, 0.2) is 24.3 Å². The molecule has 2 heterocycles. The van der Waals surface area contributed by atoms with Crippen molar-refractivity contribution in [2.45, 2.75) is 64.5 Å². The van der Waals surface area contributed by atoms with E-state index in [0.717, 1.165) is 32.5 Å². The van der Waals surface area contributed by atoms with Gasteiger partial charge in [0.15, 0.2) is 0 Å². The van der Waals surface area contributed by atoms with Crippen LogP contribution in [0, 0.1) is 5.92 Å². The monoisotopic (exact) mass is 529 g/mol. The van der Waals surface area contributed by atoms with Crippen LogP contribution >= 0.6 is 0 Å². The summed E-state index contributed by atoms with van der Waals surface area (Å²) in [6, 6.07) is 4.92. The number of carbonyl (C=O) groups is 4. The Morgan fingerprint density at radius 2 is 1.82 bits per heavy atom. The Morgan fingerprint density at radius 3 is 2.55 bits per heavy atom. The van der Waals surface area contributed by atoms with Gasteiger partial charge >= 0.3 is 0 Å². The average molecular weight is 530 g/mol. The lowest BCUT2D eigenvalue weighted by atomic mass is 10.0. The van der Waals surface area contributed by atoms with Gasteiger partial charge in [-0.2, -0.15) is 0 Å². The number of amides is 4. The summed E-state index contributed by atoms with van der Waals surface area (Å²) in [6.07, 6.45) is 4.44. The van der Waals surface area contributed by atoms with Crippen LogP contribution in [0.5, 0.6) is 5.75 Å². The quantitative estimate of drug-likeness (QED) is 0.440. The van der Waals surface area contributed by atoms with Gasteiger partial charge in [-0.25, -0.2) is 0 Å². The van der Waals surface area contributed by atoms with Crippen LogP contribution in [-0.4, -0.2) is 91.9 Å². The highest BCUT2D eigenvalue weighted by Crippen LogP contribution is 2.19. The van der Waals surface area contributed by atoms with E-state index in [0.29, 0.717) is 25.3 Å². The van der Waals surface area contributed by atoms with Crippen molar-refractivity contribution in [2.24, 2.45) is 5.92 Å². The van der Waals surface area contributed by atoms with Crippen molar-refractivity contribution in [1.82, 2.24) is 25.8 Å². The third-order valence-electron chi connectivity index (χ3n) is 6.94. The molecule has 10 nitrogen and oxygen atoms in total. The minimum atomic E-state index is -1.09. The lowest BCUT2D eigenvalue weighted by Gasteiger charge is -2.27. The summed E-state index contributed by atoms with van der Waals surface area (Å²) in [5.41, 5.74) is 0.264. The molecule has 0 unspecified atom stereocenters. The summed E-state index contributed by atoms with van der Waals surface area (Å²) in [4.78, 5) is 56.4. The lowest BCUT2D eigenvalue weighted by Crippen LogP contribution is -2.53. The molecule has 2 aliphatic heterocycles. The van der Waals surface area contributed by atoms with Crippen LogP contribution in [-0.2, 0) is 14.4 Å². The van der Waals surface area contributed by atoms with E-state index >= 15 is 0 Å². The molecule has 2 atom stereocenters. The van der Waals surface area contributed by atoms with Crippen LogP contribution in [0.25, 0.3) is 0 Å². The Morgan fingerprint density at radius 1 is 1.08 bits per heavy atom. The second-order valence-corrected chi connectivity index (χ2v) is 10.6. The molecule has 38 heavy (non-hydrogen) atoms. The highest BCUT2D eigenvalue weighted by Gasteiger charge is 2.30. The Bertz CT molecular complexity index is 963. The number of unbranched alkanes of at least 4 members (excludes halogenated alkanes) is 1. The number of nitrogens with one attached hydrogen (secondary N) is 3. The number of hydrogen-bond acceptors (Lipinski definition) is 6. The number of nitrogens with zero attached hydrogens (tertiary/aromatic N) is 2. The largest absolute Gasteiger partial charge is 0.491 e. The van der Waals surface area contributed by atoms with Gasteiger partial charge in [-0.3, -0.25) is 19.2 Å². The van der Waals surface area contributed by atoms with Crippen LogP contribution in [0.3, 0.4) is 0 Å². The van der Waals surface area contributed by atoms with Gasteiger partial charge in [0.05, 0.1) is 18.5 Å². The van der Waals surface area contributed by atoms with Crippen molar-refractivity contribution in [3.63, 3.8) is 0 Å². The van der Waals surface area contributed by atoms with E-state index in [2.05, 4.69) is 20.9 Å². The van der Waals surface area contributed by atoms with Crippen LogP contribution < -0.4 is 20.7 Å². The predicted molar refractivity (Wildman–Crippen MR) is 145 cm³/mol.